The second-order valence-corrected chi connectivity index (χ2v) is 20.9. The molecule has 87 heavy (non-hydrogen) atoms. The van der Waals surface area contributed by atoms with E-state index in [4.69, 9.17) is 31.1 Å². The van der Waals surface area contributed by atoms with Crippen LogP contribution in [0.3, 0.4) is 0 Å². The van der Waals surface area contributed by atoms with Gasteiger partial charge < -0.3 is 36.5 Å². The Bertz CT molecular complexity index is 3790. The molecule has 0 atom stereocenters. The van der Waals surface area contributed by atoms with Gasteiger partial charge in [0.15, 0.2) is 11.6 Å². The number of carbonyl (C=O) groups excluding carboxylic acids is 3. The molecule has 2 aliphatic rings. The molecule has 2 aliphatic carbocycles. The molecule has 2 saturated carbocycles. The van der Waals surface area contributed by atoms with Crippen LogP contribution in [0.5, 0.6) is 0 Å². The first-order valence-corrected chi connectivity index (χ1v) is 27.2. The van der Waals surface area contributed by atoms with Gasteiger partial charge in [0.1, 0.15) is 34.3 Å². The lowest BCUT2D eigenvalue weighted by Crippen LogP contribution is -2.40. The van der Waals surface area contributed by atoms with Crippen molar-refractivity contribution in [1.29, 1.82) is 0 Å². The van der Waals surface area contributed by atoms with Crippen LogP contribution in [0.1, 0.15) is 119 Å². The van der Waals surface area contributed by atoms with Gasteiger partial charge in [-0.3, -0.25) is 24.4 Å². The zero-order chi connectivity index (χ0) is 62.8. The number of anilines is 2. The summed E-state index contributed by atoms with van der Waals surface area (Å²) in [7, 11) is 0. The van der Waals surface area contributed by atoms with Gasteiger partial charge in [0, 0.05) is 110 Å². The van der Waals surface area contributed by atoms with E-state index in [1.54, 1.807) is 36.4 Å². The largest absolute Gasteiger partial charge is 0.478 e. The zero-order valence-electron chi connectivity index (χ0n) is 46.0. The zero-order valence-corrected chi connectivity index (χ0v) is 46.0. The number of ketones is 2. The molecular weight excluding hydrogens is 1160 g/mol. The minimum absolute atomic E-state index is 0.0152. The summed E-state index contributed by atoms with van der Waals surface area (Å²) in [6.45, 7) is 0. The number of furan rings is 2. The lowest BCUT2D eigenvalue weighted by Gasteiger charge is -2.28. The number of nitrogen functional groups attached to an aromatic ring is 2. The number of aryl methyl sites for hydroxylation is 2. The molecule has 8 N–H and O–H groups in total. The van der Waals surface area contributed by atoms with E-state index in [-0.39, 0.29) is 155 Å². The molecule has 456 valence electrons. The Morgan fingerprint density at radius 3 is 1.37 bits per heavy atom. The summed E-state index contributed by atoms with van der Waals surface area (Å²) in [5.74, 6) is -6.16. The normalized spacial score (nSPS) is 15.4. The summed E-state index contributed by atoms with van der Waals surface area (Å²) < 4.78 is 146. The van der Waals surface area contributed by atoms with Crippen molar-refractivity contribution in [2.24, 2.45) is 5.73 Å². The third-order valence-electron chi connectivity index (χ3n) is 14.2. The van der Waals surface area contributed by atoms with Gasteiger partial charge in [0.25, 0.3) is 5.91 Å². The van der Waals surface area contributed by atoms with E-state index in [9.17, 15) is 63.1 Å². The third-order valence-corrected chi connectivity index (χ3v) is 14.2. The molecule has 2 aromatic carbocycles. The van der Waals surface area contributed by atoms with E-state index in [0.29, 0.717) is 35.6 Å². The van der Waals surface area contributed by atoms with Gasteiger partial charge in [-0.2, -0.15) is 26.3 Å². The van der Waals surface area contributed by atoms with Crippen LogP contribution >= 0.6 is 0 Å². The number of benzene rings is 2. The van der Waals surface area contributed by atoms with E-state index in [1.807, 2.05) is 0 Å². The molecule has 0 radical (unpaired) electrons. The molecule has 10 rings (SSSR count). The van der Waals surface area contributed by atoms with Crippen molar-refractivity contribution >= 4 is 69.2 Å². The van der Waals surface area contributed by atoms with Gasteiger partial charge >= 0.3 is 18.3 Å². The Hall–Kier alpha value is -9.26. The number of aromatic nitrogens is 4. The predicted molar refractivity (Wildman–Crippen MR) is 304 cm³/mol. The monoisotopic (exact) mass is 1210 g/mol. The molecule has 0 bridgehead atoms. The van der Waals surface area contributed by atoms with Crippen LogP contribution in [0.25, 0.3) is 56.6 Å². The molecule has 15 nitrogen and oxygen atoms in total. The van der Waals surface area contributed by atoms with E-state index >= 15 is 0 Å². The number of nitrogens with zero attached hydrogens (tertiary/aromatic N) is 4. The fourth-order valence-corrected chi connectivity index (χ4v) is 9.35. The van der Waals surface area contributed by atoms with E-state index < -0.39 is 47.2 Å². The number of allylic oxidation sites excluding steroid dienone is 2. The van der Waals surface area contributed by atoms with Crippen LogP contribution in [-0.4, -0.2) is 72.4 Å². The maximum atomic E-state index is 14.0. The maximum absolute atomic E-state index is 14.0. The minimum Gasteiger partial charge on any atom is -0.478 e. The van der Waals surface area contributed by atoms with Crippen molar-refractivity contribution < 1.29 is 77.0 Å². The first kappa shape index (κ1) is 63.8. The highest BCUT2D eigenvalue weighted by Gasteiger charge is 2.38. The Morgan fingerprint density at radius 1 is 0.575 bits per heavy atom. The van der Waals surface area contributed by atoms with Crippen molar-refractivity contribution in [3.8, 4) is 22.5 Å². The van der Waals surface area contributed by atoms with Gasteiger partial charge in [-0.15, -0.1) is 0 Å². The molecule has 0 aliphatic heterocycles. The average molecular weight is 1220 g/mol. The second-order valence-electron chi connectivity index (χ2n) is 20.9. The second kappa shape index (κ2) is 27.0. The van der Waals surface area contributed by atoms with Crippen LogP contribution in [0.4, 0.5) is 55.5 Å². The number of halogens is 10. The summed E-state index contributed by atoms with van der Waals surface area (Å²) >= 11 is 0. The number of rotatable bonds is 15. The predicted octanol–water partition coefficient (Wildman–Crippen LogP) is 13.9. The topological polar surface area (TPSA) is 256 Å². The van der Waals surface area contributed by atoms with E-state index in [2.05, 4.69) is 25.3 Å². The van der Waals surface area contributed by atoms with Crippen LogP contribution < -0.4 is 22.5 Å². The smallest absolute Gasteiger partial charge is 0.420 e. The fraction of sp³-hybridized carbons (Fsp3) is 0.290. The first-order valence-electron chi connectivity index (χ1n) is 27.2. The summed E-state index contributed by atoms with van der Waals surface area (Å²) in [5, 5.41) is 12.1. The number of carboxylic acids is 1. The summed E-state index contributed by atoms with van der Waals surface area (Å²) in [6, 6.07) is 19.4. The number of fused-ring (bicyclic) bond motifs is 2. The molecular formula is C62H56F10N8O7. The molecule has 6 heterocycles. The number of carbonyl (C=O) groups is 4. The minimum atomic E-state index is -4.73. The van der Waals surface area contributed by atoms with Gasteiger partial charge in [-0.05, 0) is 146 Å². The van der Waals surface area contributed by atoms with Crippen molar-refractivity contribution in [3.05, 3.63) is 167 Å². The quantitative estimate of drug-likeness (QED) is 0.0473. The fourth-order valence-electron chi connectivity index (χ4n) is 9.35. The van der Waals surface area contributed by atoms with Crippen molar-refractivity contribution in [2.45, 2.75) is 113 Å². The van der Waals surface area contributed by atoms with Crippen LogP contribution in [-0.2, 0) is 34.8 Å². The molecule has 0 unspecified atom stereocenters. The van der Waals surface area contributed by atoms with Gasteiger partial charge in [-0.25, -0.2) is 32.3 Å². The number of pyridine rings is 4. The number of alkyl halides is 10. The molecule has 1 amide bonds. The standard InChI is InChI=1S/C31H27F5N4O3.C25H18F3N3O4.C6H11F2N/c32-30(33)11-9-22(10-12-30)40-29(42)19-3-7-26(38-17-19)20-13-21-14-24(43-28(21)25(15-20)31(34,35)36)6-5-23(41)4-1-18-2-8-27(37)39-16-18;26-25(27,28)20-11-16(21-7-3-15(13-30-21)24(33)34)9-17-10-19(35-23(17)20)6-5-18(32)4-1-14-2-8-22(29)31-12-14;7-6(8)3-1-5(9)2-4-6/h1-4,7-8,13-17,22H,5-6,9-12H2,(H2,37,39)(H,40,42);1-4,7-13H,5-6H2,(H2,29,31)(H,33,34);5H,1-4,9H2/b2*4-1+;. The number of nitrogens with two attached hydrogens (primary N) is 3. The lowest BCUT2D eigenvalue weighted by molar-refractivity contribution is -0.137. The molecule has 0 spiro atoms. The molecule has 6 aromatic heterocycles. The Morgan fingerprint density at radius 2 is 1.00 bits per heavy atom. The van der Waals surface area contributed by atoms with E-state index in [0.717, 1.165) is 18.3 Å². The molecule has 8 aromatic rings. The first-order chi connectivity index (χ1) is 41.1. The van der Waals surface area contributed by atoms with Gasteiger partial charge in [0.05, 0.1) is 33.6 Å². The third kappa shape index (κ3) is 17.9. The Balaban J connectivity index is 0.000000200. The summed E-state index contributed by atoms with van der Waals surface area (Å²) in [6.07, 6.45) is 2.65. The van der Waals surface area contributed by atoms with Crippen molar-refractivity contribution in [1.82, 2.24) is 25.3 Å². The molecule has 25 heteroatoms. The molecule has 0 saturated heterocycles. The van der Waals surface area contributed by atoms with Gasteiger partial charge in [-0.1, -0.05) is 0 Å². The summed E-state index contributed by atoms with van der Waals surface area (Å²) in [4.78, 5) is 64.2. The highest BCUT2D eigenvalue weighted by Crippen LogP contribution is 2.42. The number of hydrogen-bond donors (Lipinski definition) is 5. The Kier molecular flexibility index (Phi) is 19.8. The SMILES string of the molecule is NC1CCC(F)(F)CC1.Nc1ccc(/C=C/C(=O)CCc2cc3cc(-c4ccc(C(=O)NC5CCC(F)(F)CC5)cn4)cc(C(F)(F)F)c3o2)cn1.Nc1ccc(/C=C/C(=O)CCc2cc3cc(-c4ccc(C(=O)O)cn4)cc(C(F)(F)F)c3o2)cn1. The number of hydrogen-bond acceptors (Lipinski definition) is 13. The Labute approximate surface area is 489 Å². The van der Waals surface area contributed by atoms with Crippen LogP contribution in [0.15, 0.2) is 131 Å². The number of aromatic carboxylic acids is 1. The molecule has 2 fully saturated rings. The number of amides is 1. The van der Waals surface area contributed by atoms with Gasteiger partial charge in [0.2, 0.25) is 11.8 Å². The number of nitrogens with one attached hydrogen (secondary N) is 1. The van der Waals surface area contributed by atoms with Crippen molar-refractivity contribution in [3.63, 3.8) is 0 Å². The average Bonchev–Trinajstić information content (AvgIpc) is 1.82. The van der Waals surface area contributed by atoms with Crippen LogP contribution in [0.2, 0.25) is 0 Å². The number of carboxylic acid groups (broad SMARTS) is 1. The maximum Gasteiger partial charge on any atom is 0.420 e. The summed E-state index contributed by atoms with van der Waals surface area (Å²) in [5.41, 5.74) is 15.9. The van der Waals surface area contributed by atoms with E-state index in [1.165, 1.54) is 79.3 Å². The van der Waals surface area contributed by atoms with Crippen molar-refractivity contribution in [2.75, 3.05) is 11.5 Å². The highest BCUT2D eigenvalue weighted by atomic mass is 19.4. The lowest BCUT2D eigenvalue weighted by atomic mass is 9.92. The highest BCUT2D eigenvalue weighted by molar-refractivity contribution is 5.96. The van der Waals surface area contributed by atoms with Crippen LogP contribution in [0, 0.1) is 0 Å².